The van der Waals surface area contributed by atoms with Crippen molar-refractivity contribution < 1.29 is 33.4 Å². The van der Waals surface area contributed by atoms with Crippen molar-refractivity contribution in [2.45, 2.75) is 26.3 Å². The number of aromatic nitrogens is 1. The van der Waals surface area contributed by atoms with Crippen molar-refractivity contribution in [1.82, 2.24) is 5.16 Å². The number of ether oxygens (including phenoxy) is 3. The molecule has 1 atom stereocenters. The molecule has 35 heavy (non-hydrogen) atoms. The molecule has 0 bridgehead atoms. The van der Waals surface area contributed by atoms with E-state index in [0.717, 1.165) is 6.42 Å². The first-order valence-electron chi connectivity index (χ1n) is 11.1. The van der Waals surface area contributed by atoms with Crippen LogP contribution < -0.4 is 19.1 Å². The molecule has 2 heterocycles. The summed E-state index contributed by atoms with van der Waals surface area (Å²) in [7, 11) is 2.96. The van der Waals surface area contributed by atoms with Crippen LogP contribution in [0.3, 0.4) is 0 Å². The molecule has 0 radical (unpaired) electrons. The molecule has 1 saturated heterocycles. The quantitative estimate of drug-likeness (QED) is 0.288. The van der Waals surface area contributed by atoms with Gasteiger partial charge in [-0.2, -0.15) is 0 Å². The minimum Gasteiger partial charge on any atom is -0.507 e. The predicted octanol–water partition coefficient (Wildman–Crippen LogP) is 4.42. The molecule has 1 aliphatic rings. The first kappa shape index (κ1) is 23.9. The highest BCUT2D eigenvalue weighted by Crippen LogP contribution is 2.43. The maximum absolute atomic E-state index is 13.3. The Hall–Kier alpha value is -4.27. The maximum atomic E-state index is 13.3. The largest absolute Gasteiger partial charge is 0.507 e. The molecule has 1 aromatic heterocycles. The van der Waals surface area contributed by atoms with Crippen LogP contribution >= 0.6 is 0 Å². The van der Waals surface area contributed by atoms with Gasteiger partial charge in [-0.25, -0.2) is 0 Å². The van der Waals surface area contributed by atoms with E-state index < -0.39 is 17.7 Å². The lowest BCUT2D eigenvalue weighted by molar-refractivity contribution is -0.132. The molecule has 9 nitrogen and oxygen atoms in total. The van der Waals surface area contributed by atoms with E-state index in [0.29, 0.717) is 40.7 Å². The molecule has 1 amide bonds. The fourth-order valence-electron chi connectivity index (χ4n) is 3.98. The Kier molecular flexibility index (Phi) is 6.77. The third kappa shape index (κ3) is 4.44. The zero-order valence-corrected chi connectivity index (χ0v) is 19.9. The Balaban J connectivity index is 1.91. The van der Waals surface area contributed by atoms with Gasteiger partial charge in [-0.05, 0) is 49.2 Å². The number of methoxy groups -OCH3 is 2. The lowest BCUT2D eigenvalue weighted by atomic mass is 9.95. The van der Waals surface area contributed by atoms with Crippen LogP contribution in [0.4, 0.5) is 5.82 Å². The number of aliphatic hydroxyl groups is 1. The van der Waals surface area contributed by atoms with Gasteiger partial charge in [-0.1, -0.05) is 24.2 Å². The van der Waals surface area contributed by atoms with Crippen LogP contribution in [0, 0.1) is 6.92 Å². The number of anilines is 1. The molecule has 182 valence electrons. The van der Waals surface area contributed by atoms with Crippen LogP contribution in [0.5, 0.6) is 17.2 Å². The molecule has 3 aromatic rings. The van der Waals surface area contributed by atoms with Gasteiger partial charge in [0.05, 0.1) is 32.4 Å². The summed E-state index contributed by atoms with van der Waals surface area (Å²) in [4.78, 5) is 27.7. The zero-order valence-electron chi connectivity index (χ0n) is 19.9. The van der Waals surface area contributed by atoms with E-state index in [1.165, 1.54) is 19.1 Å². The minimum absolute atomic E-state index is 0.0875. The van der Waals surface area contributed by atoms with Crippen molar-refractivity contribution >= 4 is 23.3 Å². The lowest BCUT2D eigenvalue weighted by Gasteiger charge is -2.23. The van der Waals surface area contributed by atoms with Gasteiger partial charge in [0.25, 0.3) is 5.78 Å². The van der Waals surface area contributed by atoms with Gasteiger partial charge < -0.3 is 23.8 Å². The van der Waals surface area contributed by atoms with Crippen LogP contribution in [0.1, 0.15) is 36.3 Å². The Labute approximate surface area is 202 Å². The van der Waals surface area contributed by atoms with Crippen molar-refractivity contribution in [3.8, 4) is 17.2 Å². The number of aliphatic hydroxyl groups excluding tert-OH is 1. The molecule has 4 rings (SSSR count). The van der Waals surface area contributed by atoms with Gasteiger partial charge in [0.2, 0.25) is 0 Å². The summed E-state index contributed by atoms with van der Waals surface area (Å²) in [5, 5.41) is 15.3. The molecule has 2 aromatic carbocycles. The van der Waals surface area contributed by atoms with Crippen molar-refractivity contribution in [2.24, 2.45) is 0 Å². The summed E-state index contributed by atoms with van der Waals surface area (Å²) in [6, 6.07) is 12.4. The third-order valence-electron chi connectivity index (χ3n) is 5.61. The number of amides is 1. The monoisotopic (exact) mass is 478 g/mol. The van der Waals surface area contributed by atoms with Gasteiger partial charge in [0, 0.05) is 11.6 Å². The number of Topliss-reactive ketones (excluding diaryl/α,β-unsaturated/α-hetero) is 1. The van der Waals surface area contributed by atoms with Crippen molar-refractivity contribution in [3.05, 3.63) is 71.0 Å². The summed E-state index contributed by atoms with van der Waals surface area (Å²) in [5.74, 6) is 0.0213. The second kappa shape index (κ2) is 9.92. The maximum Gasteiger partial charge on any atom is 0.301 e. The topological polar surface area (TPSA) is 111 Å². The number of nitrogens with zero attached hydrogens (tertiary/aromatic N) is 2. The zero-order chi connectivity index (χ0) is 25.1. The van der Waals surface area contributed by atoms with E-state index >= 15 is 0 Å². The van der Waals surface area contributed by atoms with Crippen LogP contribution in [0.25, 0.3) is 5.76 Å². The molecule has 0 spiro atoms. The molecule has 9 heteroatoms. The van der Waals surface area contributed by atoms with Crippen molar-refractivity contribution in [1.29, 1.82) is 0 Å². The standard InChI is InChI=1S/C26H26N2O7/c1-5-11-34-18-8-6-7-16(13-18)23-22(24(29)17-9-10-19(32-3)20(14-17)33-4)25(30)26(31)28(23)21-12-15(2)35-27-21/h6-10,12-14,23,29H,5,11H2,1-4H3/b24-22+/t23-/m0/s1. The van der Waals surface area contributed by atoms with Gasteiger partial charge in [0.15, 0.2) is 17.3 Å². The van der Waals surface area contributed by atoms with E-state index in [9.17, 15) is 14.7 Å². The summed E-state index contributed by atoms with van der Waals surface area (Å²) >= 11 is 0. The molecule has 0 unspecified atom stereocenters. The molecule has 1 aliphatic heterocycles. The second-order valence-electron chi connectivity index (χ2n) is 7.96. The summed E-state index contributed by atoms with van der Waals surface area (Å²) < 4.78 is 21.5. The number of aryl methyl sites for hydroxylation is 1. The second-order valence-corrected chi connectivity index (χ2v) is 7.96. The van der Waals surface area contributed by atoms with Crippen LogP contribution in [0.2, 0.25) is 0 Å². The van der Waals surface area contributed by atoms with E-state index in [1.54, 1.807) is 55.5 Å². The molecular weight excluding hydrogens is 452 g/mol. The fourth-order valence-corrected chi connectivity index (χ4v) is 3.98. The summed E-state index contributed by atoms with van der Waals surface area (Å²) in [6.45, 7) is 4.19. The Morgan fingerprint density at radius 3 is 2.51 bits per heavy atom. The highest BCUT2D eigenvalue weighted by molar-refractivity contribution is 6.51. The van der Waals surface area contributed by atoms with Crippen molar-refractivity contribution in [2.75, 3.05) is 25.7 Å². The highest BCUT2D eigenvalue weighted by Gasteiger charge is 2.48. The van der Waals surface area contributed by atoms with Crippen LogP contribution in [-0.2, 0) is 9.59 Å². The fraction of sp³-hybridized carbons (Fsp3) is 0.269. The molecule has 0 aliphatic carbocycles. The van der Waals surface area contributed by atoms with Gasteiger partial charge in [-0.15, -0.1) is 0 Å². The van der Waals surface area contributed by atoms with Crippen molar-refractivity contribution in [3.63, 3.8) is 0 Å². The number of hydrogen-bond donors (Lipinski definition) is 1. The molecule has 0 saturated carbocycles. The molecule has 1 N–H and O–H groups in total. The highest BCUT2D eigenvalue weighted by atomic mass is 16.5. The first-order chi connectivity index (χ1) is 16.9. The van der Waals surface area contributed by atoms with Gasteiger partial charge >= 0.3 is 5.91 Å². The normalized spacial score (nSPS) is 17.0. The Morgan fingerprint density at radius 2 is 1.86 bits per heavy atom. The number of rotatable bonds is 8. The van der Waals surface area contributed by atoms with Crippen LogP contribution in [-0.4, -0.2) is 42.8 Å². The lowest BCUT2D eigenvalue weighted by Crippen LogP contribution is -2.29. The first-order valence-corrected chi connectivity index (χ1v) is 11.1. The summed E-state index contributed by atoms with van der Waals surface area (Å²) in [5.41, 5.74) is 0.774. The Morgan fingerprint density at radius 1 is 1.09 bits per heavy atom. The average molecular weight is 479 g/mol. The Bertz CT molecular complexity index is 1290. The van der Waals surface area contributed by atoms with E-state index in [2.05, 4.69) is 5.16 Å². The molecule has 1 fully saturated rings. The van der Waals surface area contributed by atoms with E-state index in [1.807, 2.05) is 6.92 Å². The predicted molar refractivity (Wildman–Crippen MR) is 128 cm³/mol. The third-order valence-corrected chi connectivity index (χ3v) is 5.61. The number of ketones is 1. The van der Waals surface area contributed by atoms with E-state index in [4.69, 9.17) is 18.7 Å². The smallest absolute Gasteiger partial charge is 0.301 e. The number of hydrogen-bond acceptors (Lipinski definition) is 8. The number of carbonyl (C=O) groups excluding carboxylic acids is 2. The minimum atomic E-state index is -0.960. The van der Waals surface area contributed by atoms with Gasteiger partial charge in [-0.3, -0.25) is 14.5 Å². The number of carbonyl (C=O) groups is 2. The molecular formula is C26H26N2O7. The number of benzene rings is 2. The SMILES string of the molecule is CCCOc1cccc([C@H]2/C(=C(\O)c3ccc(OC)c(OC)c3)C(=O)C(=O)N2c2cc(C)on2)c1. The summed E-state index contributed by atoms with van der Waals surface area (Å²) in [6.07, 6.45) is 0.820. The average Bonchev–Trinajstić information content (AvgIpc) is 3.42. The van der Waals surface area contributed by atoms with E-state index in [-0.39, 0.29) is 17.2 Å². The van der Waals surface area contributed by atoms with Crippen LogP contribution in [0.15, 0.2) is 58.6 Å². The van der Waals surface area contributed by atoms with Gasteiger partial charge in [0.1, 0.15) is 17.3 Å².